The van der Waals surface area contributed by atoms with Gasteiger partial charge in [-0.15, -0.1) is 0 Å². The zero-order chi connectivity index (χ0) is 12.8. The van der Waals surface area contributed by atoms with E-state index in [1.165, 1.54) is 0 Å². The van der Waals surface area contributed by atoms with E-state index in [2.05, 4.69) is 4.98 Å². The Hall–Kier alpha value is -1.59. The molecule has 0 spiro atoms. The molecule has 1 aromatic carbocycles. The predicted octanol–water partition coefficient (Wildman–Crippen LogP) is 1.74. The summed E-state index contributed by atoms with van der Waals surface area (Å²) in [5.74, 6) is 1.52. The van der Waals surface area contributed by atoms with Crippen LogP contribution in [0.5, 0.6) is 5.75 Å². The Morgan fingerprint density at radius 3 is 2.94 bits per heavy atom. The maximum Gasteiger partial charge on any atom is 0.195 e. The summed E-state index contributed by atoms with van der Waals surface area (Å²) in [6.45, 7) is 4.14. The molecule has 2 aromatic rings. The summed E-state index contributed by atoms with van der Waals surface area (Å²) in [6.07, 6.45) is 0.789. The Labute approximate surface area is 106 Å². The maximum atomic E-state index is 5.56. The van der Waals surface area contributed by atoms with Crippen LogP contribution in [0.15, 0.2) is 22.6 Å². The van der Waals surface area contributed by atoms with Crippen LogP contribution in [0.3, 0.4) is 0 Å². The van der Waals surface area contributed by atoms with Gasteiger partial charge in [0, 0.05) is 19.0 Å². The number of benzene rings is 1. The topological polar surface area (TPSA) is 70.5 Å². The summed E-state index contributed by atoms with van der Waals surface area (Å²) in [7, 11) is 0. The van der Waals surface area contributed by atoms with Crippen molar-refractivity contribution < 1.29 is 13.9 Å². The average Bonchev–Trinajstić information content (AvgIpc) is 2.80. The van der Waals surface area contributed by atoms with Crippen LogP contribution >= 0.6 is 0 Å². The van der Waals surface area contributed by atoms with Gasteiger partial charge in [-0.1, -0.05) is 6.92 Å². The number of hydrogen-bond acceptors (Lipinski definition) is 5. The van der Waals surface area contributed by atoms with Crippen LogP contribution in [0.25, 0.3) is 11.1 Å². The van der Waals surface area contributed by atoms with Gasteiger partial charge in [0.15, 0.2) is 11.5 Å². The predicted molar refractivity (Wildman–Crippen MR) is 68.8 cm³/mol. The molecule has 18 heavy (non-hydrogen) atoms. The van der Waals surface area contributed by atoms with E-state index < -0.39 is 0 Å². The molecular weight excluding hydrogens is 232 g/mol. The second-order valence-electron chi connectivity index (χ2n) is 3.84. The fourth-order valence-electron chi connectivity index (χ4n) is 1.60. The highest BCUT2D eigenvalue weighted by Crippen LogP contribution is 2.21. The van der Waals surface area contributed by atoms with Gasteiger partial charge in [0.25, 0.3) is 0 Å². The molecule has 98 valence electrons. The number of fused-ring (bicyclic) bond motifs is 1. The van der Waals surface area contributed by atoms with Gasteiger partial charge in [-0.3, -0.25) is 0 Å². The molecule has 0 aliphatic heterocycles. The summed E-state index contributed by atoms with van der Waals surface area (Å²) in [6, 6.07) is 5.62. The largest absolute Gasteiger partial charge is 0.491 e. The van der Waals surface area contributed by atoms with Gasteiger partial charge in [0.2, 0.25) is 0 Å². The summed E-state index contributed by atoms with van der Waals surface area (Å²) in [5, 5.41) is 0. The highest BCUT2D eigenvalue weighted by Gasteiger charge is 2.05. The lowest BCUT2D eigenvalue weighted by molar-refractivity contribution is 0.106. The van der Waals surface area contributed by atoms with Crippen molar-refractivity contribution in [2.24, 2.45) is 5.73 Å². The molecule has 0 saturated heterocycles. The van der Waals surface area contributed by atoms with Gasteiger partial charge in [-0.2, -0.15) is 0 Å². The molecule has 1 heterocycles. The van der Waals surface area contributed by atoms with E-state index in [9.17, 15) is 0 Å². The summed E-state index contributed by atoms with van der Waals surface area (Å²) >= 11 is 0. The van der Waals surface area contributed by atoms with Gasteiger partial charge in [0.1, 0.15) is 17.9 Å². The summed E-state index contributed by atoms with van der Waals surface area (Å²) in [5.41, 5.74) is 6.93. The number of aryl methyl sites for hydroxylation is 1. The highest BCUT2D eigenvalue weighted by atomic mass is 16.5. The first-order chi connectivity index (χ1) is 8.83. The standard InChI is InChI=1S/C13H18N2O3/c1-2-13-15-11-9-10(3-4-12(11)18-13)17-8-7-16-6-5-14/h3-4,9H,2,5-8,14H2,1H3. The van der Waals surface area contributed by atoms with Crippen molar-refractivity contribution in [2.45, 2.75) is 13.3 Å². The zero-order valence-corrected chi connectivity index (χ0v) is 10.5. The van der Waals surface area contributed by atoms with E-state index in [1.807, 2.05) is 25.1 Å². The van der Waals surface area contributed by atoms with Crippen LogP contribution in [0, 0.1) is 0 Å². The van der Waals surface area contributed by atoms with Crippen molar-refractivity contribution in [3.63, 3.8) is 0 Å². The molecule has 0 radical (unpaired) electrons. The number of rotatable bonds is 7. The molecule has 0 unspecified atom stereocenters. The molecule has 2 rings (SSSR count). The third-order valence-corrected chi connectivity index (χ3v) is 2.46. The first-order valence-corrected chi connectivity index (χ1v) is 6.13. The van der Waals surface area contributed by atoms with Gasteiger partial charge in [-0.05, 0) is 12.1 Å². The molecule has 2 N–H and O–H groups in total. The lowest BCUT2D eigenvalue weighted by Crippen LogP contribution is -2.13. The Morgan fingerprint density at radius 2 is 2.17 bits per heavy atom. The molecule has 0 aliphatic rings. The lowest BCUT2D eigenvalue weighted by Gasteiger charge is -2.05. The Balaban J connectivity index is 1.93. The van der Waals surface area contributed by atoms with E-state index in [1.54, 1.807) is 0 Å². The maximum absolute atomic E-state index is 5.56. The Bertz CT molecular complexity index is 496. The Morgan fingerprint density at radius 1 is 1.28 bits per heavy atom. The smallest absolute Gasteiger partial charge is 0.195 e. The van der Waals surface area contributed by atoms with Crippen LogP contribution in [0.2, 0.25) is 0 Å². The van der Waals surface area contributed by atoms with E-state index in [4.69, 9.17) is 19.6 Å². The minimum absolute atomic E-state index is 0.504. The van der Waals surface area contributed by atoms with Crippen molar-refractivity contribution in [3.8, 4) is 5.75 Å². The SMILES string of the molecule is CCc1nc2cc(OCCOCCN)ccc2o1. The molecule has 5 heteroatoms. The average molecular weight is 250 g/mol. The van der Waals surface area contributed by atoms with Crippen molar-refractivity contribution >= 4 is 11.1 Å². The van der Waals surface area contributed by atoms with Crippen LogP contribution < -0.4 is 10.5 Å². The molecule has 0 atom stereocenters. The number of ether oxygens (including phenoxy) is 2. The van der Waals surface area contributed by atoms with Gasteiger partial charge < -0.3 is 19.6 Å². The summed E-state index contributed by atoms with van der Waals surface area (Å²) in [4.78, 5) is 4.36. The molecule has 0 amide bonds. The molecule has 0 saturated carbocycles. The molecule has 5 nitrogen and oxygen atoms in total. The van der Waals surface area contributed by atoms with Gasteiger partial charge in [0.05, 0.1) is 13.2 Å². The third kappa shape index (κ3) is 3.21. The number of nitrogens with zero attached hydrogens (tertiary/aromatic N) is 1. The second-order valence-corrected chi connectivity index (χ2v) is 3.84. The van der Waals surface area contributed by atoms with Crippen LogP contribution in [-0.2, 0) is 11.2 Å². The van der Waals surface area contributed by atoms with Crippen LogP contribution in [-0.4, -0.2) is 31.3 Å². The number of aromatic nitrogens is 1. The first-order valence-electron chi connectivity index (χ1n) is 6.13. The third-order valence-electron chi connectivity index (χ3n) is 2.46. The van der Waals surface area contributed by atoms with Gasteiger partial charge in [-0.25, -0.2) is 4.98 Å². The minimum Gasteiger partial charge on any atom is -0.491 e. The molecule has 0 aliphatic carbocycles. The van der Waals surface area contributed by atoms with E-state index in [0.29, 0.717) is 26.4 Å². The summed E-state index contributed by atoms with van der Waals surface area (Å²) < 4.78 is 16.3. The first kappa shape index (κ1) is 12.9. The highest BCUT2D eigenvalue weighted by molar-refractivity contribution is 5.74. The number of oxazole rings is 1. The fraction of sp³-hybridized carbons (Fsp3) is 0.462. The Kier molecular flexibility index (Phi) is 4.55. The monoisotopic (exact) mass is 250 g/mol. The molecule has 0 bridgehead atoms. The van der Waals surface area contributed by atoms with Crippen molar-refractivity contribution in [1.82, 2.24) is 4.98 Å². The van der Waals surface area contributed by atoms with Crippen molar-refractivity contribution in [1.29, 1.82) is 0 Å². The normalized spacial score (nSPS) is 11.0. The second kappa shape index (κ2) is 6.37. The van der Waals surface area contributed by atoms with Crippen LogP contribution in [0.4, 0.5) is 0 Å². The molecule has 1 aromatic heterocycles. The number of nitrogens with two attached hydrogens (primary N) is 1. The van der Waals surface area contributed by atoms with E-state index in [0.717, 1.165) is 29.2 Å². The van der Waals surface area contributed by atoms with Gasteiger partial charge >= 0.3 is 0 Å². The molecular formula is C13H18N2O3. The van der Waals surface area contributed by atoms with Crippen LogP contribution in [0.1, 0.15) is 12.8 Å². The quantitative estimate of drug-likeness (QED) is 0.758. The van der Waals surface area contributed by atoms with Crippen molar-refractivity contribution in [2.75, 3.05) is 26.4 Å². The van der Waals surface area contributed by atoms with Crippen molar-refractivity contribution in [3.05, 3.63) is 24.1 Å². The minimum atomic E-state index is 0.504. The fourth-order valence-corrected chi connectivity index (χ4v) is 1.60. The number of hydrogen-bond donors (Lipinski definition) is 1. The van der Waals surface area contributed by atoms with E-state index >= 15 is 0 Å². The molecule has 0 fully saturated rings. The van der Waals surface area contributed by atoms with E-state index in [-0.39, 0.29) is 0 Å². The lowest BCUT2D eigenvalue weighted by atomic mass is 10.3. The zero-order valence-electron chi connectivity index (χ0n) is 10.5.